The molecule has 0 saturated carbocycles. The van der Waals surface area contributed by atoms with E-state index in [0.29, 0.717) is 35.6 Å². The van der Waals surface area contributed by atoms with Gasteiger partial charge in [0, 0.05) is 44.2 Å². The molecular formula is C37H28ClN7O6. The summed E-state index contributed by atoms with van der Waals surface area (Å²) >= 11 is 5.43. The second-order valence-corrected chi connectivity index (χ2v) is 11.8. The van der Waals surface area contributed by atoms with Crippen LogP contribution in [0.4, 0.5) is 17.1 Å². The highest BCUT2D eigenvalue weighted by Gasteiger charge is 2.21. The number of aromatic nitrogens is 1. The quantitative estimate of drug-likeness (QED) is 0.0546. The molecule has 0 fully saturated rings. The van der Waals surface area contributed by atoms with Crippen molar-refractivity contribution in [2.45, 2.75) is 19.3 Å². The number of hydrogen-bond acceptors (Lipinski definition) is 8. The number of ketones is 2. The molecule has 0 spiro atoms. The fourth-order valence-corrected chi connectivity index (χ4v) is 5.73. The number of azide groups is 1. The number of alkyl halides is 1. The van der Waals surface area contributed by atoms with Crippen molar-refractivity contribution in [2.24, 2.45) is 5.11 Å². The van der Waals surface area contributed by atoms with Crippen molar-refractivity contribution >= 4 is 58.0 Å². The Morgan fingerprint density at radius 2 is 1.25 bits per heavy atom. The van der Waals surface area contributed by atoms with E-state index >= 15 is 0 Å². The molecule has 51 heavy (non-hydrogen) atoms. The smallest absolute Gasteiger partial charge is 0.228 e. The molecule has 1 aromatic heterocycles. The van der Waals surface area contributed by atoms with Crippen LogP contribution in [0.5, 0.6) is 0 Å². The molecule has 4 heterocycles. The lowest BCUT2D eigenvalue weighted by Crippen LogP contribution is -2.03. The van der Waals surface area contributed by atoms with Gasteiger partial charge < -0.3 is 20.4 Å². The van der Waals surface area contributed by atoms with E-state index in [-0.39, 0.29) is 48.1 Å². The van der Waals surface area contributed by atoms with Gasteiger partial charge in [-0.2, -0.15) is 0 Å². The van der Waals surface area contributed by atoms with Gasteiger partial charge in [0.1, 0.15) is 0 Å². The Morgan fingerprint density at radius 1 is 0.725 bits per heavy atom. The normalized spacial score (nSPS) is 13.1. The molecule has 0 unspecified atom stereocenters. The van der Waals surface area contributed by atoms with Gasteiger partial charge in [0.15, 0.2) is 17.3 Å². The molecule has 5 aromatic rings. The molecule has 3 aliphatic rings. The predicted molar refractivity (Wildman–Crippen MR) is 191 cm³/mol. The number of nitrogens with zero attached hydrogens (tertiary/aromatic N) is 4. The summed E-state index contributed by atoms with van der Waals surface area (Å²) in [6, 6.07) is 25.7. The minimum Gasteiger partial charge on any atom is -0.436 e. The molecule has 3 amide bonds. The van der Waals surface area contributed by atoms with E-state index in [9.17, 15) is 24.0 Å². The third-order valence-electron chi connectivity index (χ3n) is 8.04. The minimum atomic E-state index is -0.250. The van der Waals surface area contributed by atoms with Crippen LogP contribution in [0, 0.1) is 0 Å². The van der Waals surface area contributed by atoms with Crippen molar-refractivity contribution < 1.29 is 28.4 Å². The summed E-state index contributed by atoms with van der Waals surface area (Å²) in [6.07, 6.45) is 2.77. The Labute approximate surface area is 295 Å². The van der Waals surface area contributed by atoms with Crippen molar-refractivity contribution in [1.29, 1.82) is 0 Å². The molecule has 0 bridgehead atoms. The number of anilines is 3. The van der Waals surface area contributed by atoms with E-state index in [1.54, 1.807) is 42.6 Å². The van der Waals surface area contributed by atoms with Gasteiger partial charge in [0.2, 0.25) is 23.6 Å². The number of halogens is 1. The van der Waals surface area contributed by atoms with Crippen molar-refractivity contribution in [3.63, 3.8) is 0 Å². The van der Waals surface area contributed by atoms with Crippen molar-refractivity contribution in [2.75, 3.05) is 28.4 Å². The number of Topliss-reactive ketones (excluding diaryl/α,β-unsaturated/α-hetero) is 2. The van der Waals surface area contributed by atoms with Crippen LogP contribution in [0.1, 0.15) is 37.4 Å². The van der Waals surface area contributed by atoms with Gasteiger partial charge >= 0.3 is 0 Å². The van der Waals surface area contributed by atoms with E-state index < -0.39 is 0 Å². The summed E-state index contributed by atoms with van der Waals surface area (Å²) in [7, 11) is 0. The van der Waals surface area contributed by atoms with Crippen molar-refractivity contribution in [3.8, 4) is 22.8 Å². The number of nitrogens with one attached hydrogen (secondary N) is 3. The van der Waals surface area contributed by atoms with Gasteiger partial charge in [0.05, 0.1) is 37.9 Å². The number of amides is 3. The lowest BCUT2D eigenvalue weighted by atomic mass is 10.1. The fourth-order valence-electron chi connectivity index (χ4n) is 5.57. The van der Waals surface area contributed by atoms with Crippen LogP contribution in [0.15, 0.2) is 101 Å². The maximum absolute atomic E-state index is 11.5. The highest BCUT2D eigenvalue weighted by Crippen LogP contribution is 2.31. The molecule has 0 radical (unpaired) electrons. The van der Waals surface area contributed by atoms with Crippen LogP contribution < -0.4 is 16.0 Å². The number of rotatable bonds is 7. The number of benzene rings is 4. The van der Waals surface area contributed by atoms with Gasteiger partial charge in [-0.15, -0.1) is 11.6 Å². The summed E-state index contributed by atoms with van der Waals surface area (Å²) in [5.41, 5.74) is 16.1. The van der Waals surface area contributed by atoms with E-state index in [2.05, 4.69) is 31.0 Å². The van der Waals surface area contributed by atoms with Gasteiger partial charge in [-0.25, -0.2) is 4.98 Å². The minimum absolute atomic E-state index is 0.0276. The molecule has 0 saturated heterocycles. The predicted octanol–water partition coefficient (Wildman–Crippen LogP) is 6.78. The van der Waals surface area contributed by atoms with Crippen LogP contribution in [0.2, 0.25) is 0 Å². The number of oxazole rings is 1. The van der Waals surface area contributed by atoms with Gasteiger partial charge in [-0.1, -0.05) is 23.3 Å². The standard InChI is InChI=1S/C17H12N2O2.C10H8ClNO2.C10H8N4O2/c20-16-9-13-8-12(6-7-14(13)19-16)15-10-18-17(21-15)11-4-2-1-3-5-11;11-5-9(13)6-1-2-8-7(3-6)4-10(14)12-8;11-14-12-5-9(15)6-1-2-8-7(3-6)4-10(16)13-8/h1-8,10H,9H2,(H,19,20);1-3H,4-5H2,(H,12,14);1-3H,4-5H2,(H,13,16). The molecular weight excluding hydrogens is 674 g/mol. The average molecular weight is 702 g/mol. The molecule has 13 nitrogen and oxygen atoms in total. The summed E-state index contributed by atoms with van der Waals surface area (Å²) < 4.78 is 5.83. The van der Waals surface area contributed by atoms with Gasteiger partial charge in [-0.3, -0.25) is 24.0 Å². The Kier molecular flexibility index (Phi) is 10.3. The third kappa shape index (κ3) is 8.19. The molecule has 3 N–H and O–H groups in total. The Hall–Kier alpha value is -6.56. The summed E-state index contributed by atoms with van der Waals surface area (Å²) in [5.74, 6) is 0.833. The maximum Gasteiger partial charge on any atom is 0.228 e. The zero-order chi connectivity index (χ0) is 35.9. The third-order valence-corrected chi connectivity index (χ3v) is 8.29. The van der Waals surface area contributed by atoms with E-state index in [1.807, 2.05) is 48.5 Å². The molecule has 0 atom stereocenters. The number of fused-ring (bicyclic) bond motifs is 3. The first-order valence-corrected chi connectivity index (χ1v) is 16.2. The molecule has 8 rings (SSSR count). The lowest BCUT2D eigenvalue weighted by molar-refractivity contribution is -0.115. The molecule has 254 valence electrons. The molecule has 0 aliphatic carbocycles. The van der Waals surface area contributed by atoms with Crippen LogP contribution >= 0.6 is 11.6 Å². The van der Waals surface area contributed by atoms with Crippen LogP contribution in [0.25, 0.3) is 33.2 Å². The monoisotopic (exact) mass is 701 g/mol. The summed E-state index contributed by atoms with van der Waals surface area (Å²) in [6.45, 7) is -0.198. The van der Waals surface area contributed by atoms with Gasteiger partial charge in [-0.05, 0) is 89.0 Å². The second-order valence-electron chi connectivity index (χ2n) is 11.6. The highest BCUT2D eigenvalue weighted by molar-refractivity contribution is 6.30. The number of hydrogen-bond donors (Lipinski definition) is 3. The van der Waals surface area contributed by atoms with Crippen molar-refractivity contribution in [1.82, 2.24) is 4.98 Å². The van der Waals surface area contributed by atoms with Crippen LogP contribution in [-0.2, 0) is 33.6 Å². The zero-order valence-corrected chi connectivity index (χ0v) is 27.6. The summed E-state index contributed by atoms with van der Waals surface area (Å²) in [4.78, 5) is 63.1. The fraction of sp³-hybridized carbons (Fsp3) is 0.135. The van der Waals surface area contributed by atoms with E-state index in [1.165, 1.54) is 0 Å². The molecule has 4 aromatic carbocycles. The van der Waals surface area contributed by atoms with Crippen LogP contribution in [0.3, 0.4) is 0 Å². The first-order chi connectivity index (χ1) is 24.7. The van der Waals surface area contributed by atoms with E-state index in [0.717, 1.165) is 44.9 Å². The largest absolute Gasteiger partial charge is 0.436 e. The SMILES string of the molecule is O=C1Cc2cc(-c3cnc(-c4ccccc4)o3)ccc2N1.O=C1Cc2cc(C(=O)CCl)ccc2N1.[N-]=[N+]=NCC(=O)c1ccc2c(c1)CC(=O)N2. The van der Waals surface area contributed by atoms with Crippen LogP contribution in [-0.4, -0.2) is 46.7 Å². The Morgan fingerprint density at radius 3 is 1.80 bits per heavy atom. The Bertz CT molecular complexity index is 2250. The van der Waals surface area contributed by atoms with Crippen molar-refractivity contribution in [3.05, 3.63) is 129 Å². The maximum atomic E-state index is 11.5. The number of carbonyl (C=O) groups excluding carboxylic acids is 5. The Balaban J connectivity index is 0.000000135. The first-order valence-electron chi connectivity index (χ1n) is 15.6. The average Bonchev–Trinajstić information content (AvgIpc) is 3.94. The molecule has 3 aliphatic heterocycles. The van der Waals surface area contributed by atoms with Gasteiger partial charge in [0.25, 0.3) is 0 Å². The molecule has 14 heteroatoms. The summed E-state index contributed by atoms with van der Waals surface area (Å²) in [5, 5.41) is 11.4. The first kappa shape index (κ1) is 34.3. The second kappa shape index (κ2) is 15.3. The topological polar surface area (TPSA) is 196 Å². The zero-order valence-electron chi connectivity index (χ0n) is 26.8. The van der Waals surface area contributed by atoms with E-state index in [4.69, 9.17) is 21.5 Å². The lowest BCUT2D eigenvalue weighted by Gasteiger charge is -2.01. The highest BCUT2D eigenvalue weighted by atomic mass is 35.5. The number of carbonyl (C=O) groups is 5.